The number of carbonyl (C=O) groups is 2. The Morgan fingerprint density at radius 2 is 1.95 bits per heavy atom. The Morgan fingerprint density at radius 1 is 1.12 bits per heavy atom. The van der Waals surface area contributed by atoms with Crippen molar-refractivity contribution < 1.29 is 18.7 Å². The summed E-state index contributed by atoms with van der Waals surface area (Å²) < 4.78 is 19.8. The second-order valence-electron chi connectivity index (χ2n) is 10.5. The van der Waals surface area contributed by atoms with Gasteiger partial charge in [0.05, 0.1) is 6.61 Å². The molecule has 10 heteroatoms. The highest BCUT2D eigenvalue weighted by molar-refractivity contribution is 6.04. The maximum atomic E-state index is 14.9. The maximum Gasteiger partial charge on any atom is 0.320 e. The van der Waals surface area contributed by atoms with E-state index in [1.807, 2.05) is 13.0 Å². The van der Waals surface area contributed by atoms with Gasteiger partial charge in [0, 0.05) is 73.5 Å². The van der Waals surface area contributed by atoms with Crippen LogP contribution < -0.4 is 16.0 Å². The van der Waals surface area contributed by atoms with Crippen LogP contribution in [-0.2, 0) is 11.3 Å². The molecular formula is C32H37FN6O3. The number of carbonyl (C=O) groups excluding carboxylic acids is 2. The van der Waals surface area contributed by atoms with Gasteiger partial charge in [-0.3, -0.25) is 15.0 Å². The largest absolute Gasteiger partial charge is 0.383 e. The van der Waals surface area contributed by atoms with Gasteiger partial charge in [0.2, 0.25) is 0 Å². The topological polar surface area (TPSA) is 98.8 Å². The van der Waals surface area contributed by atoms with E-state index in [1.54, 1.807) is 49.7 Å². The molecular weight excluding hydrogens is 535 g/mol. The summed E-state index contributed by atoms with van der Waals surface area (Å²) >= 11 is 0. The Hall–Kier alpha value is -4.30. The molecule has 220 valence electrons. The van der Waals surface area contributed by atoms with Gasteiger partial charge < -0.3 is 20.3 Å². The third-order valence-corrected chi connectivity index (χ3v) is 7.12. The zero-order chi connectivity index (χ0) is 30.1. The molecule has 0 aliphatic carbocycles. The summed E-state index contributed by atoms with van der Waals surface area (Å²) in [4.78, 5) is 33.5. The van der Waals surface area contributed by atoms with Gasteiger partial charge in [0.25, 0.3) is 5.91 Å². The molecule has 42 heavy (non-hydrogen) atoms. The van der Waals surface area contributed by atoms with Crippen LogP contribution in [0.3, 0.4) is 0 Å². The normalized spacial score (nSPS) is 14.8. The summed E-state index contributed by atoms with van der Waals surface area (Å²) in [6.07, 6.45) is 2.63. The number of methoxy groups -OCH3 is 1. The first-order chi connectivity index (χ1) is 20.2. The molecule has 2 heterocycles. The number of aryl methyl sites for hydroxylation is 1. The summed E-state index contributed by atoms with van der Waals surface area (Å²) in [5.41, 5.74) is 3.67. The lowest BCUT2D eigenvalue weighted by molar-refractivity contribution is 0.102. The van der Waals surface area contributed by atoms with Crippen LogP contribution in [0.5, 0.6) is 0 Å². The average molecular weight is 573 g/mol. The second-order valence-corrected chi connectivity index (χ2v) is 10.5. The molecule has 3 N–H and O–H groups in total. The summed E-state index contributed by atoms with van der Waals surface area (Å²) in [7, 11) is 5.70. The Morgan fingerprint density at radius 3 is 2.64 bits per heavy atom. The molecule has 1 atom stereocenters. The minimum absolute atomic E-state index is 0.335. The number of ether oxygens (including phenoxy) is 1. The van der Waals surface area contributed by atoms with Crippen LogP contribution in [0.1, 0.15) is 39.0 Å². The molecule has 3 aromatic rings. The van der Waals surface area contributed by atoms with E-state index in [4.69, 9.17) is 4.74 Å². The van der Waals surface area contributed by atoms with Gasteiger partial charge in [0.15, 0.2) is 0 Å². The number of hydrogen-bond donors (Lipinski definition) is 3. The van der Waals surface area contributed by atoms with E-state index in [-0.39, 0.29) is 17.8 Å². The van der Waals surface area contributed by atoms with E-state index in [0.29, 0.717) is 59.5 Å². The number of nitrogens with zero attached hydrogens (tertiary/aromatic N) is 3. The fraction of sp³-hybridized carbons (Fsp3) is 0.344. The smallest absolute Gasteiger partial charge is 0.320 e. The summed E-state index contributed by atoms with van der Waals surface area (Å²) in [5, 5.41) is 8.09. The van der Waals surface area contributed by atoms with E-state index in [9.17, 15) is 14.0 Å². The van der Waals surface area contributed by atoms with Crippen LogP contribution in [-0.4, -0.2) is 80.2 Å². The number of urea groups is 1. The quantitative estimate of drug-likeness (QED) is 0.264. The second kappa shape index (κ2) is 14.5. The number of likely N-dealkylation sites (tertiary alicyclic amines) is 1. The third kappa shape index (κ3) is 8.60. The first kappa shape index (κ1) is 30.7. The van der Waals surface area contributed by atoms with E-state index in [2.05, 4.69) is 56.7 Å². The molecule has 9 nitrogen and oxygen atoms in total. The molecule has 4 rings (SSSR count). The van der Waals surface area contributed by atoms with Gasteiger partial charge in [-0.05, 0) is 69.4 Å². The van der Waals surface area contributed by atoms with Crippen LogP contribution >= 0.6 is 0 Å². The van der Waals surface area contributed by atoms with Gasteiger partial charge in [-0.1, -0.05) is 24.0 Å². The van der Waals surface area contributed by atoms with Crippen molar-refractivity contribution in [3.05, 3.63) is 88.4 Å². The molecule has 0 radical (unpaired) electrons. The highest BCUT2D eigenvalue weighted by atomic mass is 19.1. The van der Waals surface area contributed by atoms with E-state index >= 15 is 0 Å². The first-order valence-corrected chi connectivity index (χ1v) is 13.8. The zero-order valence-electron chi connectivity index (χ0n) is 24.5. The molecule has 3 amide bonds. The average Bonchev–Trinajstić information content (AvgIpc) is 3.44. The van der Waals surface area contributed by atoms with Gasteiger partial charge in [-0.15, -0.1) is 0 Å². The molecule has 0 unspecified atom stereocenters. The van der Waals surface area contributed by atoms with Crippen molar-refractivity contribution in [1.29, 1.82) is 0 Å². The predicted octanol–water partition coefficient (Wildman–Crippen LogP) is 4.09. The van der Waals surface area contributed by atoms with Crippen LogP contribution in [0.25, 0.3) is 0 Å². The van der Waals surface area contributed by atoms with Crippen molar-refractivity contribution in [3.63, 3.8) is 0 Å². The number of nitrogens with one attached hydrogen (secondary N) is 3. The number of benzene rings is 2. The lowest BCUT2D eigenvalue weighted by Gasteiger charge is -2.20. The lowest BCUT2D eigenvalue weighted by atomic mass is 10.0. The molecule has 0 saturated carbocycles. The molecule has 0 bridgehead atoms. The SMILES string of the molecule is COCCNC(=O)Nc1ccc(C#Cc2cc(C(=O)Nc3ccc(CN4CC[C@@H](N(C)C)C4)c(F)c3)ccc2C)cn1. The molecule has 1 aliphatic heterocycles. The highest BCUT2D eigenvalue weighted by Gasteiger charge is 2.24. The number of pyridine rings is 1. The number of amides is 3. The van der Waals surface area contributed by atoms with E-state index in [1.165, 1.54) is 6.07 Å². The number of likely N-dealkylation sites (N-methyl/N-ethyl adjacent to an activating group) is 1. The number of halogens is 1. The fourth-order valence-electron chi connectivity index (χ4n) is 4.58. The molecule has 1 aliphatic rings. The minimum atomic E-state index is -0.372. The van der Waals surface area contributed by atoms with Crippen molar-refractivity contribution in [2.24, 2.45) is 0 Å². The summed E-state index contributed by atoms with van der Waals surface area (Å²) in [5.74, 6) is 5.85. The van der Waals surface area contributed by atoms with E-state index < -0.39 is 0 Å². The van der Waals surface area contributed by atoms with Gasteiger partial charge >= 0.3 is 6.03 Å². The van der Waals surface area contributed by atoms with Crippen LogP contribution in [0.15, 0.2) is 54.7 Å². The number of anilines is 2. The summed E-state index contributed by atoms with van der Waals surface area (Å²) in [6, 6.07) is 13.6. The van der Waals surface area contributed by atoms with Crippen LogP contribution in [0.2, 0.25) is 0 Å². The highest BCUT2D eigenvalue weighted by Crippen LogP contribution is 2.21. The monoisotopic (exact) mass is 572 g/mol. The number of rotatable bonds is 9. The van der Waals surface area contributed by atoms with Crippen molar-refractivity contribution in [1.82, 2.24) is 20.1 Å². The first-order valence-electron chi connectivity index (χ1n) is 13.8. The standard InChI is InChI=1S/C32H37FN6O3/c1-22-5-8-25(17-24(22)9-6-23-7-12-30(35-19-23)37-32(41)34-14-16-42-4)31(40)36-27-11-10-26(29(33)18-27)20-39-15-13-28(21-39)38(2)3/h5,7-8,10-12,17-19,28H,13-16,20-21H2,1-4H3,(H,36,40)(H2,34,35,37,41)/t28-/m1/s1. The van der Waals surface area contributed by atoms with Crippen molar-refractivity contribution in [3.8, 4) is 11.8 Å². The minimum Gasteiger partial charge on any atom is -0.383 e. The van der Waals surface area contributed by atoms with Crippen LogP contribution in [0, 0.1) is 24.6 Å². The zero-order valence-corrected chi connectivity index (χ0v) is 24.5. The Labute approximate surface area is 246 Å². The van der Waals surface area contributed by atoms with Crippen molar-refractivity contribution in [2.45, 2.75) is 25.9 Å². The van der Waals surface area contributed by atoms with E-state index in [0.717, 1.165) is 25.1 Å². The van der Waals surface area contributed by atoms with Crippen molar-refractivity contribution in [2.75, 3.05) is 58.1 Å². The predicted molar refractivity (Wildman–Crippen MR) is 162 cm³/mol. The van der Waals surface area contributed by atoms with Gasteiger partial charge in [-0.25, -0.2) is 14.2 Å². The van der Waals surface area contributed by atoms with Crippen molar-refractivity contribution >= 4 is 23.4 Å². The third-order valence-electron chi connectivity index (χ3n) is 7.12. The van der Waals surface area contributed by atoms with Crippen LogP contribution in [0.4, 0.5) is 20.7 Å². The van der Waals surface area contributed by atoms with Gasteiger partial charge in [0.1, 0.15) is 11.6 Å². The molecule has 1 aromatic heterocycles. The molecule has 1 fully saturated rings. The van der Waals surface area contributed by atoms with Gasteiger partial charge in [-0.2, -0.15) is 0 Å². The Bertz CT molecular complexity index is 1470. The Kier molecular flexibility index (Phi) is 10.6. The molecule has 1 saturated heterocycles. The molecule has 0 spiro atoms. The molecule has 2 aromatic carbocycles. The fourth-order valence-corrected chi connectivity index (χ4v) is 4.58. The number of hydrogen-bond acceptors (Lipinski definition) is 6. The number of aromatic nitrogens is 1. The summed E-state index contributed by atoms with van der Waals surface area (Å²) in [6.45, 7) is 5.12. The lowest BCUT2D eigenvalue weighted by Crippen LogP contribution is -2.31. The Balaban J connectivity index is 1.36. The maximum absolute atomic E-state index is 14.9.